The van der Waals surface area contributed by atoms with Crippen molar-refractivity contribution >= 4 is 17.4 Å². The van der Waals surface area contributed by atoms with Gasteiger partial charge in [-0.25, -0.2) is 0 Å². The highest BCUT2D eigenvalue weighted by Gasteiger charge is 2.22. The number of Topliss-reactive ketones (excluding diaryl/α,β-unsaturated/α-hetero) is 1. The first-order chi connectivity index (χ1) is 7.97. The van der Waals surface area contributed by atoms with Crippen molar-refractivity contribution < 1.29 is 14.3 Å². The van der Waals surface area contributed by atoms with Crippen LogP contribution < -0.4 is 9.64 Å². The summed E-state index contributed by atoms with van der Waals surface area (Å²) in [4.78, 5) is 24.4. The first-order valence-corrected chi connectivity index (χ1v) is 5.41. The summed E-state index contributed by atoms with van der Waals surface area (Å²) in [7, 11) is 1.58. The number of nitrogens with zero attached hydrogens (tertiary/aromatic N) is 1. The number of carbonyl (C=O) groups excluding carboxylic acids is 2. The van der Waals surface area contributed by atoms with Crippen molar-refractivity contribution in [1.29, 1.82) is 0 Å². The van der Waals surface area contributed by atoms with E-state index < -0.39 is 6.04 Å². The molecule has 0 bridgehead atoms. The first-order valence-electron chi connectivity index (χ1n) is 5.41. The summed E-state index contributed by atoms with van der Waals surface area (Å²) < 4.78 is 5.05. The van der Waals surface area contributed by atoms with Crippen molar-refractivity contribution in [3.05, 3.63) is 24.3 Å². The van der Waals surface area contributed by atoms with Crippen LogP contribution in [0.4, 0.5) is 5.69 Å². The van der Waals surface area contributed by atoms with Crippen LogP contribution in [0.25, 0.3) is 0 Å². The summed E-state index contributed by atoms with van der Waals surface area (Å²) >= 11 is 0. The lowest BCUT2D eigenvalue weighted by atomic mass is 10.1. The maximum absolute atomic E-state index is 11.6. The van der Waals surface area contributed by atoms with Gasteiger partial charge in [-0.15, -0.1) is 0 Å². The average Bonchev–Trinajstić information content (AvgIpc) is 2.29. The third-order valence-electron chi connectivity index (χ3n) is 2.67. The molecule has 1 atom stereocenters. The number of rotatable bonds is 4. The second-order valence-electron chi connectivity index (χ2n) is 3.87. The van der Waals surface area contributed by atoms with Gasteiger partial charge in [0.1, 0.15) is 5.75 Å². The molecule has 0 saturated heterocycles. The van der Waals surface area contributed by atoms with Gasteiger partial charge in [0.2, 0.25) is 5.91 Å². The molecule has 1 unspecified atom stereocenters. The lowest BCUT2D eigenvalue weighted by molar-refractivity contribution is -0.122. The number of amides is 1. The monoisotopic (exact) mass is 235 g/mol. The Labute approximate surface area is 101 Å². The Morgan fingerprint density at radius 1 is 1.18 bits per heavy atom. The van der Waals surface area contributed by atoms with Gasteiger partial charge in [-0.05, 0) is 38.1 Å². The van der Waals surface area contributed by atoms with Crippen LogP contribution in [-0.4, -0.2) is 24.8 Å². The van der Waals surface area contributed by atoms with Gasteiger partial charge >= 0.3 is 0 Å². The minimum absolute atomic E-state index is 0.0454. The SMILES string of the molecule is COc1ccc(N(C(C)=O)C(C)C(C)=O)cc1. The average molecular weight is 235 g/mol. The Balaban J connectivity index is 3.05. The molecular weight excluding hydrogens is 218 g/mol. The number of carbonyl (C=O) groups is 2. The molecule has 1 aromatic rings. The van der Waals surface area contributed by atoms with E-state index in [9.17, 15) is 9.59 Å². The van der Waals surface area contributed by atoms with Gasteiger partial charge in [0.25, 0.3) is 0 Å². The lowest BCUT2D eigenvalue weighted by Gasteiger charge is -2.26. The highest BCUT2D eigenvalue weighted by atomic mass is 16.5. The van der Waals surface area contributed by atoms with Crippen LogP contribution in [0.3, 0.4) is 0 Å². The van der Waals surface area contributed by atoms with Crippen LogP contribution in [0.15, 0.2) is 24.3 Å². The van der Waals surface area contributed by atoms with Crippen LogP contribution in [0, 0.1) is 0 Å². The number of hydrogen-bond acceptors (Lipinski definition) is 3. The molecule has 0 heterocycles. The zero-order chi connectivity index (χ0) is 13.0. The standard InChI is InChI=1S/C13H17NO3/c1-9(10(2)15)14(11(3)16)12-5-7-13(17-4)8-6-12/h5-9H,1-4H3. The van der Waals surface area contributed by atoms with E-state index in [2.05, 4.69) is 0 Å². The number of ether oxygens (including phenoxy) is 1. The van der Waals surface area contributed by atoms with Gasteiger partial charge in [-0.3, -0.25) is 9.59 Å². The van der Waals surface area contributed by atoms with Crippen LogP contribution >= 0.6 is 0 Å². The predicted octanol–water partition coefficient (Wildman–Crippen LogP) is 2.03. The second kappa shape index (κ2) is 5.48. The van der Waals surface area contributed by atoms with Gasteiger partial charge in [0, 0.05) is 12.6 Å². The zero-order valence-electron chi connectivity index (χ0n) is 10.6. The Morgan fingerprint density at radius 2 is 1.71 bits per heavy atom. The fraction of sp³-hybridized carbons (Fsp3) is 0.385. The van der Waals surface area contributed by atoms with Crippen molar-refractivity contribution in [3.8, 4) is 5.75 Å². The Morgan fingerprint density at radius 3 is 2.06 bits per heavy atom. The summed E-state index contributed by atoms with van der Waals surface area (Å²) in [6, 6.07) is 6.59. The molecule has 0 aliphatic carbocycles. The van der Waals surface area contributed by atoms with Crippen molar-refractivity contribution in [2.75, 3.05) is 12.0 Å². The highest BCUT2D eigenvalue weighted by Crippen LogP contribution is 2.21. The number of hydrogen-bond donors (Lipinski definition) is 0. The Hall–Kier alpha value is -1.84. The largest absolute Gasteiger partial charge is 0.497 e. The molecule has 0 N–H and O–H groups in total. The number of benzene rings is 1. The van der Waals surface area contributed by atoms with E-state index in [0.29, 0.717) is 11.4 Å². The lowest BCUT2D eigenvalue weighted by Crippen LogP contribution is -2.41. The third kappa shape index (κ3) is 3.06. The normalized spacial score (nSPS) is 11.8. The fourth-order valence-electron chi connectivity index (χ4n) is 1.60. The molecule has 0 fully saturated rings. The number of anilines is 1. The molecule has 0 radical (unpaired) electrons. The molecule has 0 saturated carbocycles. The molecule has 92 valence electrons. The van der Waals surface area contributed by atoms with E-state index in [1.54, 1.807) is 38.3 Å². The van der Waals surface area contributed by atoms with Gasteiger partial charge in [0.05, 0.1) is 13.2 Å². The number of ketones is 1. The molecule has 0 aromatic heterocycles. The summed E-state index contributed by atoms with van der Waals surface area (Å²) in [5.41, 5.74) is 0.695. The highest BCUT2D eigenvalue weighted by molar-refractivity contribution is 5.99. The molecule has 0 aliphatic heterocycles. The number of methoxy groups -OCH3 is 1. The summed E-state index contributed by atoms with van der Waals surface area (Å²) in [6.45, 7) is 4.64. The summed E-state index contributed by atoms with van der Waals surface area (Å²) in [6.07, 6.45) is 0. The van der Waals surface area contributed by atoms with E-state index in [1.807, 2.05) is 0 Å². The molecule has 1 rings (SSSR count). The van der Waals surface area contributed by atoms with E-state index in [4.69, 9.17) is 4.74 Å². The Bertz CT molecular complexity index is 411. The minimum Gasteiger partial charge on any atom is -0.497 e. The maximum atomic E-state index is 11.6. The molecule has 0 spiro atoms. The molecule has 17 heavy (non-hydrogen) atoms. The minimum atomic E-state index is -0.458. The van der Waals surface area contributed by atoms with Gasteiger partial charge in [0.15, 0.2) is 5.78 Å². The smallest absolute Gasteiger partial charge is 0.224 e. The summed E-state index contributed by atoms with van der Waals surface area (Å²) in [5, 5.41) is 0. The zero-order valence-corrected chi connectivity index (χ0v) is 10.6. The van der Waals surface area contributed by atoms with Crippen molar-refractivity contribution in [3.63, 3.8) is 0 Å². The molecule has 0 aliphatic rings. The third-order valence-corrected chi connectivity index (χ3v) is 2.67. The van der Waals surface area contributed by atoms with E-state index in [1.165, 1.54) is 18.7 Å². The van der Waals surface area contributed by atoms with Crippen molar-refractivity contribution in [1.82, 2.24) is 0 Å². The molecule has 1 amide bonds. The summed E-state index contributed by atoms with van der Waals surface area (Å²) in [5.74, 6) is 0.515. The van der Waals surface area contributed by atoms with E-state index in [-0.39, 0.29) is 11.7 Å². The fourth-order valence-corrected chi connectivity index (χ4v) is 1.60. The van der Waals surface area contributed by atoms with Crippen LogP contribution in [0.2, 0.25) is 0 Å². The van der Waals surface area contributed by atoms with Crippen molar-refractivity contribution in [2.45, 2.75) is 26.8 Å². The molecule has 1 aromatic carbocycles. The second-order valence-corrected chi connectivity index (χ2v) is 3.87. The van der Waals surface area contributed by atoms with Crippen LogP contribution in [-0.2, 0) is 9.59 Å². The first kappa shape index (κ1) is 13.2. The van der Waals surface area contributed by atoms with Gasteiger partial charge in [-0.2, -0.15) is 0 Å². The van der Waals surface area contributed by atoms with E-state index in [0.717, 1.165) is 0 Å². The molecular formula is C13H17NO3. The molecule has 4 heteroatoms. The Kier molecular flexibility index (Phi) is 4.26. The van der Waals surface area contributed by atoms with Gasteiger partial charge in [-0.1, -0.05) is 0 Å². The maximum Gasteiger partial charge on any atom is 0.224 e. The quantitative estimate of drug-likeness (QED) is 0.802. The topological polar surface area (TPSA) is 46.6 Å². The van der Waals surface area contributed by atoms with Crippen LogP contribution in [0.5, 0.6) is 5.75 Å². The van der Waals surface area contributed by atoms with E-state index >= 15 is 0 Å². The predicted molar refractivity (Wildman–Crippen MR) is 66.3 cm³/mol. The molecule has 4 nitrogen and oxygen atoms in total. The van der Waals surface area contributed by atoms with Crippen molar-refractivity contribution in [2.24, 2.45) is 0 Å². The van der Waals surface area contributed by atoms with Crippen LogP contribution in [0.1, 0.15) is 20.8 Å². The van der Waals surface area contributed by atoms with Gasteiger partial charge < -0.3 is 9.64 Å².